The van der Waals surface area contributed by atoms with Crippen molar-refractivity contribution < 1.29 is 17.7 Å². The van der Waals surface area contributed by atoms with E-state index in [9.17, 15) is 0 Å². The first-order valence-electron chi connectivity index (χ1n) is 15.7. The molecule has 0 aliphatic heterocycles. The molecule has 0 atom stereocenters. The first-order chi connectivity index (χ1) is 21.1. The van der Waals surface area contributed by atoms with Crippen LogP contribution in [0.1, 0.15) is 13.8 Å². The number of hydrogen-bond donors (Lipinski definition) is 0. The average Bonchev–Trinajstić information content (AvgIpc) is 3.03. The molecule has 0 bridgehead atoms. The molecular weight excluding hydrogens is 609 g/mol. The molecule has 0 N–H and O–H groups in total. The summed E-state index contributed by atoms with van der Waals surface area (Å²) in [5.41, 5.74) is 2.05. The van der Waals surface area contributed by atoms with E-state index in [1.807, 2.05) is 14.2 Å². The zero-order valence-electron chi connectivity index (χ0n) is 28.0. The maximum absolute atomic E-state index is 6.60. The molecule has 0 radical (unpaired) electrons. The van der Waals surface area contributed by atoms with Crippen LogP contribution in [0.4, 0.5) is 0 Å². The molecule has 0 amide bonds. The zero-order chi connectivity index (χ0) is 32.1. The second kappa shape index (κ2) is 16.8. The highest BCUT2D eigenvalue weighted by molar-refractivity contribution is 7.12. The number of benzene rings is 4. The lowest BCUT2D eigenvalue weighted by molar-refractivity contribution is 0.316. The van der Waals surface area contributed by atoms with Crippen molar-refractivity contribution >= 4 is 54.0 Å². The molecule has 0 aliphatic rings. The van der Waals surface area contributed by atoms with Gasteiger partial charge in [-0.05, 0) is 66.4 Å². The molecular formula is C36H52O4Si4. The molecule has 0 heterocycles. The van der Waals surface area contributed by atoms with Crippen LogP contribution in [0.3, 0.4) is 0 Å². The SMILES string of the molecule is CCO[Si](C)(C)C[Si](C)(C)OCC.CO[Si](C[Si](OC)(c1ccccc1)c1ccccc1)(c1ccccc1)c1ccccc1. The van der Waals surface area contributed by atoms with E-state index in [0.29, 0.717) is 0 Å². The van der Waals surface area contributed by atoms with Crippen molar-refractivity contribution in [3.63, 3.8) is 0 Å². The maximum Gasteiger partial charge on any atom is 0.255 e. The Morgan fingerprint density at radius 1 is 0.409 bits per heavy atom. The highest BCUT2D eigenvalue weighted by Gasteiger charge is 2.51. The Bertz CT molecular complexity index is 1170. The van der Waals surface area contributed by atoms with Gasteiger partial charge >= 0.3 is 0 Å². The summed E-state index contributed by atoms with van der Waals surface area (Å²) in [4.78, 5) is 0. The van der Waals surface area contributed by atoms with Crippen LogP contribution in [-0.2, 0) is 17.7 Å². The van der Waals surface area contributed by atoms with Gasteiger partial charge in [-0.3, -0.25) is 0 Å². The molecule has 0 saturated carbocycles. The summed E-state index contributed by atoms with van der Waals surface area (Å²) in [5.74, 6) is 0. The molecule has 0 spiro atoms. The van der Waals surface area contributed by atoms with Gasteiger partial charge in [0.25, 0.3) is 16.6 Å². The van der Waals surface area contributed by atoms with E-state index in [1.54, 1.807) is 0 Å². The summed E-state index contributed by atoms with van der Waals surface area (Å²) in [7, 11) is -4.35. The summed E-state index contributed by atoms with van der Waals surface area (Å²) < 4.78 is 24.8. The maximum atomic E-state index is 6.60. The Labute approximate surface area is 270 Å². The summed E-state index contributed by atoms with van der Waals surface area (Å²) in [6, 6.07) is 42.9. The first kappa shape index (κ1) is 36.1. The molecule has 0 aromatic heterocycles. The standard InChI is InChI=1S/C27H28O2Si2.C9H24O2Si2/c1-28-30(24-15-7-3-8-16-24,25-17-9-4-10-18-25)23-31(29-2,26-19-11-5-12-20-26)27-21-13-6-14-22-27;1-7-10-12(3,4)9-13(5,6)11-8-2/h3-22H,23H2,1-2H3;7-9H2,1-6H3. The fourth-order valence-electron chi connectivity index (χ4n) is 6.45. The molecule has 236 valence electrons. The summed E-state index contributed by atoms with van der Waals surface area (Å²) >= 11 is 0. The minimum atomic E-state index is -2.61. The predicted molar refractivity (Wildman–Crippen MR) is 198 cm³/mol. The normalized spacial score (nSPS) is 12.4. The molecule has 4 nitrogen and oxygen atoms in total. The molecule has 4 aromatic rings. The van der Waals surface area contributed by atoms with Gasteiger partial charge in [0, 0.05) is 33.1 Å². The molecule has 0 saturated heterocycles. The Balaban J connectivity index is 0.000000345. The Hall–Kier alpha value is -2.41. The van der Waals surface area contributed by atoms with Crippen molar-refractivity contribution in [3.05, 3.63) is 121 Å². The van der Waals surface area contributed by atoms with Gasteiger partial charge in [0.1, 0.15) is 0 Å². The lowest BCUT2D eigenvalue weighted by Crippen LogP contribution is -2.71. The van der Waals surface area contributed by atoms with Gasteiger partial charge in [0.2, 0.25) is 0 Å². The third-order valence-corrected chi connectivity index (χ3v) is 27.5. The van der Waals surface area contributed by atoms with E-state index in [4.69, 9.17) is 17.7 Å². The third-order valence-electron chi connectivity index (χ3n) is 8.08. The van der Waals surface area contributed by atoms with Crippen LogP contribution in [0.5, 0.6) is 0 Å². The topological polar surface area (TPSA) is 36.9 Å². The van der Waals surface area contributed by atoms with Gasteiger partial charge in [-0.1, -0.05) is 121 Å². The molecule has 8 heteroatoms. The highest BCUT2D eigenvalue weighted by Crippen LogP contribution is 2.23. The molecule has 0 fully saturated rings. The van der Waals surface area contributed by atoms with Crippen LogP contribution >= 0.6 is 0 Å². The highest BCUT2D eigenvalue weighted by atomic mass is 28.4. The van der Waals surface area contributed by atoms with E-state index in [2.05, 4.69) is 161 Å². The smallest absolute Gasteiger partial charge is 0.255 e. The van der Waals surface area contributed by atoms with Crippen LogP contribution in [0, 0.1) is 0 Å². The fourth-order valence-corrected chi connectivity index (χ4v) is 28.8. The lowest BCUT2D eigenvalue weighted by atomic mass is 10.4. The fraction of sp³-hybridized carbons (Fsp3) is 0.333. The van der Waals surface area contributed by atoms with Crippen molar-refractivity contribution in [1.29, 1.82) is 0 Å². The van der Waals surface area contributed by atoms with Crippen LogP contribution in [0.2, 0.25) is 37.5 Å². The predicted octanol–water partition coefficient (Wildman–Crippen LogP) is 6.35. The van der Waals surface area contributed by atoms with Crippen LogP contribution in [0.15, 0.2) is 121 Å². The van der Waals surface area contributed by atoms with E-state index >= 15 is 0 Å². The molecule has 4 aromatic carbocycles. The van der Waals surface area contributed by atoms with Crippen LogP contribution in [-0.4, -0.2) is 60.7 Å². The first-order valence-corrected chi connectivity index (χ1v) is 26.1. The van der Waals surface area contributed by atoms with Gasteiger partial charge in [-0.25, -0.2) is 0 Å². The van der Waals surface area contributed by atoms with E-state index < -0.39 is 33.3 Å². The van der Waals surface area contributed by atoms with Crippen LogP contribution in [0.25, 0.3) is 0 Å². The molecule has 44 heavy (non-hydrogen) atoms. The van der Waals surface area contributed by atoms with Gasteiger partial charge < -0.3 is 17.7 Å². The molecule has 4 rings (SSSR count). The van der Waals surface area contributed by atoms with Crippen molar-refractivity contribution in [2.75, 3.05) is 27.4 Å². The molecule has 0 unspecified atom stereocenters. The quantitative estimate of drug-likeness (QED) is 0.148. The van der Waals surface area contributed by atoms with Gasteiger partial charge in [0.05, 0.1) is 0 Å². The minimum Gasteiger partial charge on any atom is -0.418 e. The third kappa shape index (κ3) is 9.31. The van der Waals surface area contributed by atoms with E-state index in [1.165, 1.54) is 26.4 Å². The number of hydrogen-bond acceptors (Lipinski definition) is 4. The summed E-state index contributed by atoms with van der Waals surface area (Å²) in [5, 5.41) is 5.07. The van der Waals surface area contributed by atoms with E-state index in [0.717, 1.165) is 18.9 Å². The second-order valence-corrected chi connectivity index (χ2v) is 29.1. The van der Waals surface area contributed by atoms with Gasteiger partial charge in [-0.2, -0.15) is 0 Å². The number of rotatable bonds is 14. The Kier molecular flexibility index (Phi) is 13.7. The van der Waals surface area contributed by atoms with Crippen molar-refractivity contribution in [1.82, 2.24) is 0 Å². The summed E-state index contributed by atoms with van der Waals surface area (Å²) in [6.07, 6.45) is 0. The van der Waals surface area contributed by atoms with Gasteiger partial charge in [0.15, 0.2) is 16.6 Å². The van der Waals surface area contributed by atoms with Crippen molar-refractivity contribution in [2.24, 2.45) is 0 Å². The van der Waals surface area contributed by atoms with Crippen molar-refractivity contribution in [2.45, 2.75) is 51.4 Å². The van der Waals surface area contributed by atoms with Crippen LogP contribution < -0.4 is 20.7 Å². The zero-order valence-corrected chi connectivity index (χ0v) is 32.0. The van der Waals surface area contributed by atoms with Gasteiger partial charge in [-0.15, -0.1) is 0 Å². The second-order valence-electron chi connectivity index (χ2n) is 12.3. The lowest BCUT2D eigenvalue weighted by Gasteiger charge is -2.40. The monoisotopic (exact) mass is 660 g/mol. The largest absolute Gasteiger partial charge is 0.418 e. The summed E-state index contributed by atoms with van der Waals surface area (Å²) in [6.45, 7) is 15.0. The Morgan fingerprint density at radius 3 is 0.864 bits per heavy atom. The minimum absolute atomic E-state index is 0.843. The Morgan fingerprint density at radius 2 is 0.659 bits per heavy atom. The van der Waals surface area contributed by atoms with Crippen molar-refractivity contribution in [3.8, 4) is 0 Å². The molecule has 0 aliphatic carbocycles. The van der Waals surface area contributed by atoms with E-state index in [-0.39, 0.29) is 0 Å². The average molecular weight is 661 g/mol.